The summed E-state index contributed by atoms with van der Waals surface area (Å²) in [5.41, 5.74) is 0.788. The third-order valence-electron chi connectivity index (χ3n) is 2.75. The lowest BCUT2D eigenvalue weighted by atomic mass is 10.1. The third-order valence-corrected chi connectivity index (χ3v) is 3.24. The first kappa shape index (κ1) is 16.5. The van der Waals surface area contributed by atoms with Crippen molar-refractivity contribution in [1.82, 2.24) is 0 Å². The van der Waals surface area contributed by atoms with Crippen molar-refractivity contribution in [3.8, 4) is 5.75 Å². The lowest BCUT2D eigenvalue weighted by molar-refractivity contribution is 0.0909. The topological polar surface area (TPSA) is 38.7 Å². The standard InChI is InChI=1S/C15H23BrO3/c1-11(2)6-7-18-8-9-19-15-5-4-13(16)10-14(15)12(3)17/h4-5,10-12,17H,6-9H2,1-3H3/t12-/m0/s1. The molecule has 108 valence electrons. The summed E-state index contributed by atoms with van der Waals surface area (Å²) >= 11 is 3.39. The van der Waals surface area contributed by atoms with E-state index in [1.54, 1.807) is 6.92 Å². The summed E-state index contributed by atoms with van der Waals surface area (Å²) in [5.74, 6) is 1.37. The van der Waals surface area contributed by atoms with Gasteiger partial charge in [0.05, 0.1) is 12.7 Å². The summed E-state index contributed by atoms with van der Waals surface area (Å²) in [6.45, 7) is 7.92. The number of aliphatic hydroxyl groups excluding tert-OH is 1. The van der Waals surface area contributed by atoms with Gasteiger partial charge in [-0.15, -0.1) is 0 Å². The van der Waals surface area contributed by atoms with E-state index in [9.17, 15) is 5.11 Å². The number of halogens is 1. The fourth-order valence-corrected chi connectivity index (χ4v) is 1.99. The summed E-state index contributed by atoms with van der Waals surface area (Å²) in [6, 6.07) is 5.64. The molecule has 0 radical (unpaired) electrons. The van der Waals surface area contributed by atoms with E-state index in [-0.39, 0.29) is 0 Å². The molecule has 3 nitrogen and oxygen atoms in total. The van der Waals surface area contributed by atoms with Crippen LogP contribution in [0.2, 0.25) is 0 Å². The monoisotopic (exact) mass is 330 g/mol. The molecule has 1 aromatic carbocycles. The molecule has 1 rings (SSSR count). The Labute approximate surface area is 124 Å². The molecule has 0 aliphatic rings. The second kappa shape index (κ2) is 8.56. The minimum absolute atomic E-state index is 0.499. The molecule has 1 N–H and O–H groups in total. The van der Waals surface area contributed by atoms with Gasteiger partial charge in [-0.25, -0.2) is 0 Å². The largest absolute Gasteiger partial charge is 0.491 e. The molecule has 0 unspecified atom stereocenters. The Balaban J connectivity index is 2.37. The lowest BCUT2D eigenvalue weighted by Gasteiger charge is -2.14. The molecular weight excluding hydrogens is 308 g/mol. The van der Waals surface area contributed by atoms with Crippen molar-refractivity contribution in [3.63, 3.8) is 0 Å². The number of benzene rings is 1. The molecule has 0 aliphatic heterocycles. The predicted octanol–water partition coefficient (Wildman–Crippen LogP) is 3.94. The second-order valence-corrected chi connectivity index (χ2v) is 5.92. The first-order valence-corrected chi connectivity index (χ1v) is 7.48. The zero-order valence-electron chi connectivity index (χ0n) is 11.9. The molecule has 0 fully saturated rings. The maximum Gasteiger partial charge on any atom is 0.125 e. The van der Waals surface area contributed by atoms with Crippen LogP contribution in [0.1, 0.15) is 38.9 Å². The van der Waals surface area contributed by atoms with Gasteiger partial charge in [0.2, 0.25) is 0 Å². The Morgan fingerprint density at radius 2 is 1.89 bits per heavy atom. The molecule has 0 amide bonds. The predicted molar refractivity (Wildman–Crippen MR) is 80.5 cm³/mol. The molecule has 0 aliphatic carbocycles. The number of hydrogen-bond donors (Lipinski definition) is 1. The van der Waals surface area contributed by atoms with E-state index in [0.717, 1.165) is 23.1 Å². The van der Waals surface area contributed by atoms with Gasteiger partial charge < -0.3 is 14.6 Å². The summed E-state index contributed by atoms with van der Waals surface area (Å²) in [4.78, 5) is 0. The van der Waals surface area contributed by atoms with Crippen molar-refractivity contribution in [2.45, 2.75) is 33.3 Å². The van der Waals surface area contributed by atoms with Crippen LogP contribution in [0.3, 0.4) is 0 Å². The molecular formula is C15H23BrO3. The molecule has 0 aromatic heterocycles. The normalized spacial score (nSPS) is 12.7. The van der Waals surface area contributed by atoms with Gasteiger partial charge in [-0.2, -0.15) is 0 Å². The molecule has 0 saturated heterocycles. The fourth-order valence-electron chi connectivity index (χ4n) is 1.61. The van der Waals surface area contributed by atoms with Gasteiger partial charge in [0.25, 0.3) is 0 Å². The highest BCUT2D eigenvalue weighted by atomic mass is 79.9. The minimum atomic E-state index is -0.547. The average molecular weight is 331 g/mol. The van der Waals surface area contributed by atoms with Crippen molar-refractivity contribution in [3.05, 3.63) is 28.2 Å². The Hall–Kier alpha value is -0.580. The molecule has 0 bridgehead atoms. The highest BCUT2D eigenvalue weighted by Gasteiger charge is 2.09. The number of aliphatic hydroxyl groups is 1. The van der Waals surface area contributed by atoms with Crippen LogP contribution in [0.25, 0.3) is 0 Å². The summed E-state index contributed by atoms with van der Waals surface area (Å²) in [5, 5.41) is 9.70. The molecule has 0 heterocycles. The Morgan fingerprint density at radius 1 is 1.16 bits per heavy atom. The van der Waals surface area contributed by atoms with Gasteiger partial charge in [0.1, 0.15) is 12.4 Å². The fraction of sp³-hybridized carbons (Fsp3) is 0.600. The number of ether oxygens (including phenoxy) is 2. The summed E-state index contributed by atoms with van der Waals surface area (Å²) in [7, 11) is 0. The van der Waals surface area contributed by atoms with Crippen LogP contribution in [0.4, 0.5) is 0 Å². The van der Waals surface area contributed by atoms with Gasteiger partial charge in [-0.1, -0.05) is 29.8 Å². The molecule has 19 heavy (non-hydrogen) atoms. The highest BCUT2D eigenvalue weighted by Crippen LogP contribution is 2.28. The zero-order valence-corrected chi connectivity index (χ0v) is 13.4. The lowest BCUT2D eigenvalue weighted by Crippen LogP contribution is -2.10. The van der Waals surface area contributed by atoms with Crippen LogP contribution in [0.15, 0.2) is 22.7 Å². The Morgan fingerprint density at radius 3 is 2.53 bits per heavy atom. The maximum absolute atomic E-state index is 9.70. The van der Waals surface area contributed by atoms with Gasteiger partial charge in [-0.05, 0) is 37.5 Å². The van der Waals surface area contributed by atoms with Crippen molar-refractivity contribution in [1.29, 1.82) is 0 Å². The van der Waals surface area contributed by atoms with E-state index in [1.807, 2.05) is 18.2 Å². The van der Waals surface area contributed by atoms with Crippen LogP contribution in [-0.2, 0) is 4.74 Å². The quantitative estimate of drug-likeness (QED) is 0.733. The third kappa shape index (κ3) is 6.41. The Kier molecular flexibility index (Phi) is 7.42. The Bertz CT molecular complexity index is 378. The average Bonchev–Trinajstić information content (AvgIpc) is 2.34. The summed E-state index contributed by atoms with van der Waals surface area (Å²) in [6.07, 6.45) is 0.520. The van der Waals surface area contributed by atoms with Crippen LogP contribution < -0.4 is 4.74 Å². The highest BCUT2D eigenvalue weighted by molar-refractivity contribution is 9.10. The molecule has 0 saturated carbocycles. The molecule has 0 spiro atoms. The minimum Gasteiger partial charge on any atom is -0.491 e. The van der Waals surface area contributed by atoms with E-state index in [1.165, 1.54) is 0 Å². The van der Waals surface area contributed by atoms with Crippen molar-refractivity contribution in [2.24, 2.45) is 5.92 Å². The zero-order chi connectivity index (χ0) is 14.3. The molecule has 1 atom stereocenters. The van der Waals surface area contributed by atoms with Crippen LogP contribution in [-0.4, -0.2) is 24.9 Å². The maximum atomic E-state index is 9.70. The smallest absolute Gasteiger partial charge is 0.125 e. The van der Waals surface area contributed by atoms with Crippen molar-refractivity contribution < 1.29 is 14.6 Å². The van der Waals surface area contributed by atoms with Crippen LogP contribution in [0, 0.1) is 5.92 Å². The molecule has 4 heteroatoms. The van der Waals surface area contributed by atoms with E-state index in [2.05, 4.69) is 29.8 Å². The first-order chi connectivity index (χ1) is 9.00. The van der Waals surface area contributed by atoms with E-state index >= 15 is 0 Å². The van der Waals surface area contributed by atoms with Crippen molar-refractivity contribution in [2.75, 3.05) is 19.8 Å². The van der Waals surface area contributed by atoms with Crippen molar-refractivity contribution >= 4 is 15.9 Å². The number of rotatable bonds is 8. The van der Waals surface area contributed by atoms with Gasteiger partial charge >= 0.3 is 0 Å². The summed E-state index contributed by atoms with van der Waals surface area (Å²) < 4.78 is 12.1. The molecule has 1 aromatic rings. The first-order valence-electron chi connectivity index (χ1n) is 6.68. The van der Waals surface area contributed by atoms with E-state index in [0.29, 0.717) is 24.9 Å². The van der Waals surface area contributed by atoms with E-state index in [4.69, 9.17) is 9.47 Å². The van der Waals surface area contributed by atoms with Crippen LogP contribution in [0.5, 0.6) is 5.75 Å². The van der Waals surface area contributed by atoms with E-state index < -0.39 is 6.10 Å². The number of hydrogen-bond acceptors (Lipinski definition) is 3. The van der Waals surface area contributed by atoms with Gasteiger partial charge in [0.15, 0.2) is 0 Å². The SMILES string of the molecule is CC(C)CCOCCOc1ccc(Br)cc1[C@H](C)O. The van der Waals surface area contributed by atoms with Gasteiger partial charge in [0, 0.05) is 16.6 Å². The second-order valence-electron chi connectivity index (χ2n) is 5.00. The van der Waals surface area contributed by atoms with Crippen LogP contribution >= 0.6 is 15.9 Å². The van der Waals surface area contributed by atoms with Gasteiger partial charge in [-0.3, -0.25) is 0 Å².